The summed E-state index contributed by atoms with van der Waals surface area (Å²) < 4.78 is 12.8. The normalized spacial score (nSPS) is 8.85. The van der Waals surface area contributed by atoms with Gasteiger partial charge < -0.3 is 5.11 Å². The van der Waals surface area contributed by atoms with Gasteiger partial charge in [-0.25, -0.2) is 4.39 Å². The molecule has 0 aromatic heterocycles. The summed E-state index contributed by atoms with van der Waals surface area (Å²) in [7, 11) is 0. The van der Waals surface area contributed by atoms with Crippen LogP contribution in [-0.4, -0.2) is 5.11 Å². The highest BCUT2D eigenvalue weighted by Gasteiger charge is 2.11. The predicted octanol–water partition coefficient (Wildman–Crippen LogP) is 1.47. The van der Waals surface area contributed by atoms with Crippen LogP contribution in [0.2, 0.25) is 0 Å². The first-order valence-electron chi connectivity index (χ1n) is 3.48. The summed E-state index contributed by atoms with van der Waals surface area (Å²) in [5, 5.41) is 26.1. The van der Waals surface area contributed by atoms with Crippen molar-refractivity contribution in [3.05, 3.63) is 29.1 Å². The minimum absolute atomic E-state index is 0.0463. The maximum atomic E-state index is 12.8. The van der Waals surface area contributed by atoms with Crippen LogP contribution in [0.5, 0.6) is 5.75 Å². The lowest BCUT2D eigenvalue weighted by Crippen LogP contribution is -1.91. The molecular formula is C9H5FN2O. The molecule has 0 radical (unpaired) electrons. The number of phenols is 1. The van der Waals surface area contributed by atoms with Crippen LogP contribution in [-0.2, 0) is 6.42 Å². The van der Waals surface area contributed by atoms with E-state index in [1.165, 1.54) is 6.07 Å². The second-order valence-electron chi connectivity index (χ2n) is 2.37. The van der Waals surface area contributed by atoms with Crippen LogP contribution >= 0.6 is 0 Å². The van der Waals surface area contributed by atoms with Gasteiger partial charge in [-0.15, -0.1) is 0 Å². The molecule has 1 N–H and O–H groups in total. The van der Waals surface area contributed by atoms with E-state index in [0.717, 1.165) is 6.07 Å². The Morgan fingerprint density at radius 2 is 2.08 bits per heavy atom. The molecule has 0 unspecified atom stereocenters. The van der Waals surface area contributed by atoms with Crippen molar-refractivity contribution in [3.63, 3.8) is 0 Å². The van der Waals surface area contributed by atoms with Crippen molar-refractivity contribution in [3.8, 4) is 17.9 Å². The van der Waals surface area contributed by atoms with E-state index in [4.69, 9.17) is 15.6 Å². The SMILES string of the molecule is N#CCc1c(C#N)ccc(F)c1O. The minimum Gasteiger partial charge on any atom is -0.505 e. The van der Waals surface area contributed by atoms with Gasteiger partial charge in [-0.05, 0) is 12.1 Å². The van der Waals surface area contributed by atoms with Gasteiger partial charge in [0.15, 0.2) is 11.6 Å². The zero-order valence-corrected chi connectivity index (χ0v) is 6.58. The Hall–Kier alpha value is -2.07. The summed E-state index contributed by atoms with van der Waals surface area (Å²) >= 11 is 0. The third kappa shape index (κ3) is 1.57. The molecular weight excluding hydrogens is 171 g/mol. The fourth-order valence-electron chi connectivity index (χ4n) is 0.970. The molecule has 1 rings (SSSR count). The topological polar surface area (TPSA) is 67.8 Å². The fraction of sp³-hybridized carbons (Fsp3) is 0.111. The number of aromatic hydroxyl groups is 1. The molecule has 0 aliphatic carbocycles. The lowest BCUT2D eigenvalue weighted by atomic mass is 10.0. The molecule has 3 nitrogen and oxygen atoms in total. The van der Waals surface area contributed by atoms with Gasteiger partial charge in [0.25, 0.3) is 0 Å². The Balaban J connectivity index is 3.36. The van der Waals surface area contributed by atoms with Crippen molar-refractivity contribution < 1.29 is 9.50 Å². The summed E-state index contributed by atoms with van der Waals surface area (Å²) in [6, 6.07) is 5.75. The highest BCUT2D eigenvalue weighted by molar-refractivity contribution is 5.47. The third-order valence-corrected chi connectivity index (χ3v) is 1.61. The Kier molecular flexibility index (Phi) is 2.47. The van der Waals surface area contributed by atoms with Crippen LogP contribution in [0.3, 0.4) is 0 Å². The van der Waals surface area contributed by atoms with Crippen LogP contribution in [0.4, 0.5) is 4.39 Å². The first-order valence-corrected chi connectivity index (χ1v) is 3.48. The van der Waals surface area contributed by atoms with Gasteiger partial charge in [0.05, 0.1) is 24.1 Å². The molecule has 0 atom stereocenters. The van der Waals surface area contributed by atoms with Gasteiger partial charge in [-0.2, -0.15) is 10.5 Å². The van der Waals surface area contributed by atoms with Crippen LogP contribution < -0.4 is 0 Å². The number of phenolic OH excluding ortho intramolecular Hbond substituents is 1. The Labute approximate surface area is 74.3 Å². The number of nitriles is 2. The first kappa shape index (κ1) is 9.02. The number of hydrogen-bond donors (Lipinski definition) is 1. The van der Waals surface area contributed by atoms with Crippen LogP contribution in [0.1, 0.15) is 11.1 Å². The van der Waals surface area contributed by atoms with Gasteiger partial charge >= 0.3 is 0 Å². The van der Waals surface area contributed by atoms with Crippen molar-refractivity contribution in [2.75, 3.05) is 0 Å². The maximum Gasteiger partial charge on any atom is 0.165 e. The fourth-order valence-corrected chi connectivity index (χ4v) is 0.970. The number of halogens is 1. The zero-order valence-electron chi connectivity index (χ0n) is 6.58. The number of hydrogen-bond acceptors (Lipinski definition) is 3. The molecule has 0 aliphatic heterocycles. The van der Waals surface area contributed by atoms with E-state index in [0.29, 0.717) is 0 Å². The summed E-state index contributed by atoms with van der Waals surface area (Å²) in [6.07, 6.45) is -0.174. The Morgan fingerprint density at radius 3 is 2.62 bits per heavy atom. The molecule has 13 heavy (non-hydrogen) atoms. The summed E-state index contributed by atoms with van der Waals surface area (Å²) in [4.78, 5) is 0. The van der Waals surface area contributed by atoms with Gasteiger partial charge in [0.2, 0.25) is 0 Å². The van der Waals surface area contributed by atoms with Gasteiger partial charge in [0.1, 0.15) is 0 Å². The quantitative estimate of drug-likeness (QED) is 0.704. The van der Waals surface area contributed by atoms with E-state index in [1.807, 2.05) is 0 Å². The smallest absolute Gasteiger partial charge is 0.165 e. The van der Waals surface area contributed by atoms with E-state index in [-0.39, 0.29) is 17.5 Å². The van der Waals surface area contributed by atoms with Crippen molar-refractivity contribution in [2.24, 2.45) is 0 Å². The average molecular weight is 176 g/mol. The number of nitrogens with zero attached hydrogens (tertiary/aromatic N) is 2. The van der Waals surface area contributed by atoms with Crippen molar-refractivity contribution in [1.82, 2.24) is 0 Å². The molecule has 0 saturated heterocycles. The molecule has 4 heteroatoms. The lowest BCUT2D eigenvalue weighted by molar-refractivity contribution is 0.427. The first-order chi connectivity index (χ1) is 6.20. The second-order valence-corrected chi connectivity index (χ2v) is 2.37. The Morgan fingerprint density at radius 1 is 1.38 bits per heavy atom. The van der Waals surface area contributed by atoms with Crippen molar-refractivity contribution >= 4 is 0 Å². The van der Waals surface area contributed by atoms with Crippen LogP contribution in [0, 0.1) is 28.5 Å². The largest absolute Gasteiger partial charge is 0.505 e. The molecule has 0 aliphatic rings. The summed E-state index contributed by atoms with van der Waals surface area (Å²) in [5.74, 6) is -1.43. The van der Waals surface area contributed by atoms with E-state index in [2.05, 4.69) is 0 Å². The van der Waals surface area contributed by atoms with Gasteiger partial charge in [0, 0.05) is 5.56 Å². The van der Waals surface area contributed by atoms with Crippen LogP contribution in [0.25, 0.3) is 0 Å². The third-order valence-electron chi connectivity index (χ3n) is 1.61. The highest BCUT2D eigenvalue weighted by Crippen LogP contribution is 2.24. The maximum absolute atomic E-state index is 12.8. The van der Waals surface area contributed by atoms with Gasteiger partial charge in [-0.1, -0.05) is 0 Å². The minimum atomic E-state index is -0.816. The molecule has 1 aromatic carbocycles. The second kappa shape index (κ2) is 3.55. The van der Waals surface area contributed by atoms with Gasteiger partial charge in [-0.3, -0.25) is 0 Å². The van der Waals surface area contributed by atoms with Crippen molar-refractivity contribution in [2.45, 2.75) is 6.42 Å². The van der Waals surface area contributed by atoms with E-state index in [9.17, 15) is 4.39 Å². The monoisotopic (exact) mass is 176 g/mol. The summed E-state index contributed by atoms with van der Waals surface area (Å²) in [5.41, 5.74) is 0.172. The highest BCUT2D eigenvalue weighted by atomic mass is 19.1. The number of benzene rings is 1. The molecule has 1 aromatic rings. The van der Waals surface area contributed by atoms with E-state index in [1.54, 1.807) is 12.1 Å². The van der Waals surface area contributed by atoms with E-state index < -0.39 is 11.6 Å². The van der Waals surface area contributed by atoms with Crippen LogP contribution in [0.15, 0.2) is 12.1 Å². The molecule has 0 spiro atoms. The van der Waals surface area contributed by atoms with E-state index >= 15 is 0 Å². The molecule has 0 bridgehead atoms. The molecule has 0 saturated carbocycles. The average Bonchev–Trinajstić information content (AvgIpc) is 2.14. The standard InChI is InChI=1S/C9H5FN2O/c10-8-2-1-6(5-12)7(3-4-11)9(8)13/h1-2,13H,3H2. The molecule has 0 heterocycles. The predicted molar refractivity (Wildman–Crippen MR) is 42.1 cm³/mol. The Bertz CT molecular complexity index is 415. The number of rotatable bonds is 1. The zero-order chi connectivity index (χ0) is 9.84. The molecule has 64 valence electrons. The summed E-state index contributed by atoms with van der Waals surface area (Å²) in [6.45, 7) is 0. The molecule has 0 amide bonds. The molecule has 0 fully saturated rings. The lowest BCUT2D eigenvalue weighted by Gasteiger charge is -2.02. The van der Waals surface area contributed by atoms with Crippen molar-refractivity contribution in [1.29, 1.82) is 10.5 Å².